The van der Waals surface area contributed by atoms with E-state index in [-0.39, 0.29) is 17.2 Å². The maximum Gasteiger partial charge on any atom is 0.263 e. The highest BCUT2D eigenvalue weighted by molar-refractivity contribution is 7.98. The van der Waals surface area contributed by atoms with Gasteiger partial charge in [-0.05, 0) is 37.8 Å². The topological polar surface area (TPSA) is 44.1 Å². The summed E-state index contributed by atoms with van der Waals surface area (Å²) in [6, 6.07) is 10.7. The second-order valence-corrected chi connectivity index (χ2v) is 11.1. The Kier molecular flexibility index (Phi) is 5.50. The van der Waals surface area contributed by atoms with Crippen LogP contribution in [-0.2, 0) is 23.5 Å². The molecule has 1 aromatic carbocycles. The summed E-state index contributed by atoms with van der Waals surface area (Å²) in [5.41, 5.74) is 2.36. The number of nitrogens with zero attached hydrogens (tertiary/aromatic N) is 2. The number of rotatable bonds is 4. The molecule has 0 unspecified atom stereocenters. The van der Waals surface area contributed by atoms with Crippen molar-refractivity contribution in [1.29, 1.82) is 0 Å². The van der Waals surface area contributed by atoms with Gasteiger partial charge in [-0.25, -0.2) is 4.98 Å². The summed E-state index contributed by atoms with van der Waals surface area (Å²) in [6.07, 6.45) is 6.59. The third-order valence-corrected chi connectivity index (χ3v) is 8.38. The van der Waals surface area contributed by atoms with Gasteiger partial charge in [-0.1, -0.05) is 61.4 Å². The fraction of sp³-hybridized carbons (Fsp3) is 0.500. The molecule has 2 aromatic heterocycles. The number of hydrogen-bond donors (Lipinski definition) is 0. The summed E-state index contributed by atoms with van der Waals surface area (Å²) in [5.74, 6) is 0.826. The van der Waals surface area contributed by atoms with E-state index in [2.05, 4.69) is 38.1 Å². The third-order valence-electron chi connectivity index (χ3n) is 6.26. The molecular formula is C24H28N2O2S2. The number of thiophene rings is 1. The van der Waals surface area contributed by atoms with Crippen LogP contribution in [0.3, 0.4) is 0 Å². The van der Waals surface area contributed by atoms with Gasteiger partial charge < -0.3 is 4.74 Å². The smallest absolute Gasteiger partial charge is 0.263 e. The molecule has 3 aromatic rings. The highest BCUT2D eigenvalue weighted by Crippen LogP contribution is 2.39. The number of aromatic nitrogens is 2. The van der Waals surface area contributed by atoms with Gasteiger partial charge in [0.1, 0.15) is 4.83 Å². The average molecular weight is 441 g/mol. The lowest BCUT2D eigenvalue weighted by Crippen LogP contribution is -2.33. The second-order valence-electron chi connectivity index (χ2n) is 9.04. The molecule has 4 nitrogen and oxygen atoms in total. The van der Waals surface area contributed by atoms with Crippen molar-refractivity contribution < 1.29 is 4.74 Å². The molecule has 30 heavy (non-hydrogen) atoms. The maximum absolute atomic E-state index is 13.9. The van der Waals surface area contributed by atoms with Crippen molar-refractivity contribution in [2.24, 2.45) is 0 Å². The normalized spacial score (nSPS) is 19.1. The Bertz CT molecular complexity index is 1110. The molecule has 2 aliphatic rings. The average Bonchev–Trinajstić information content (AvgIpc) is 3.10. The van der Waals surface area contributed by atoms with Crippen molar-refractivity contribution in [1.82, 2.24) is 9.55 Å². The molecule has 0 spiro atoms. The minimum atomic E-state index is -0.232. The first-order valence-electron chi connectivity index (χ1n) is 10.9. The predicted octanol–water partition coefficient (Wildman–Crippen LogP) is 6.11. The van der Waals surface area contributed by atoms with E-state index in [4.69, 9.17) is 9.72 Å². The van der Waals surface area contributed by atoms with Gasteiger partial charge in [-0.2, -0.15) is 0 Å². The number of hydrogen-bond acceptors (Lipinski definition) is 5. The van der Waals surface area contributed by atoms with E-state index in [1.54, 1.807) is 23.1 Å². The Morgan fingerprint density at radius 1 is 1.20 bits per heavy atom. The first-order valence-corrected chi connectivity index (χ1v) is 12.7. The van der Waals surface area contributed by atoms with Crippen molar-refractivity contribution in [3.63, 3.8) is 0 Å². The molecule has 1 aliphatic carbocycles. The lowest BCUT2D eigenvalue weighted by Gasteiger charge is -2.30. The van der Waals surface area contributed by atoms with Crippen LogP contribution in [0, 0.1) is 0 Å². The highest BCUT2D eigenvalue weighted by Gasteiger charge is 2.32. The Balaban J connectivity index is 1.61. The van der Waals surface area contributed by atoms with Crippen LogP contribution in [0.2, 0.25) is 0 Å². The SMILES string of the molecule is CC1(C)Cc2c(sc3nc(SCc4ccccc4)n(C4CCCCC4)c(=O)c23)CO1. The number of fused-ring (bicyclic) bond motifs is 3. The highest BCUT2D eigenvalue weighted by atomic mass is 32.2. The van der Waals surface area contributed by atoms with E-state index in [0.717, 1.165) is 40.4 Å². The van der Waals surface area contributed by atoms with E-state index < -0.39 is 0 Å². The van der Waals surface area contributed by atoms with Gasteiger partial charge in [0.2, 0.25) is 0 Å². The molecule has 0 saturated heterocycles. The fourth-order valence-corrected chi connectivity index (χ4v) is 6.84. The van der Waals surface area contributed by atoms with Crippen LogP contribution >= 0.6 is 23.1 Å². The lowest BCUT2D eigenvalue weighted by atomic mass is 9.93. The van der Waals surface area contributed by atoms with Crippen LogP contribution in [0.5, 0.6) is 0 Å². The van der Waals surface area contributed by atoms with Crippen molar-refractivity contribution in [2.75, 3.05) is 0 Å². The van der Waals surface area contributed by atoms with E-state index in [9.17, 15) is 4.79 Å². The molecule has 0 bridgehead atoms. The fourth-order valence-electron chi connectivity index (χ4n) is 4.67. The van der Waals surface area contributed by atoms with Crippen LogP contribution in [0.1, 0.15) is 68.0 Å². The molecule has 0 amide bonds. The van der Waals surface area contributed by atoms with E-state index >= 15 is 0 Å². The molecule has 0 N–H and O–H groups in total. The van der Waals surface area contributed by atoms with Crippen LogP contribution in [-0.4, -0.2) is 15.2 Å². The summed E-state index contributed by atoms with van der Waals surface area (Å²) in [4.78, 5) is 21.0. The van der Waals surface area contributed by atoms with Crippen LogP contribution < -0.4 is 5.56 Å². The zero-order valence-electron chi connectivity index (χ0n) is 17.6. The number of benzene rings is 1. The number of ether oxygens (including phenoxy) is 1. The molecule has 0 radical (unpaired) electrons. The molecule has 5 rings (SSSR count). The Labute approximate surface area is 185 Å². The van der Waals surface area contributed by atoms with Gasteiger partial charge in [0.25, 0.3) is 5.56 Å². The maximum atomic E-state index is 13.9. The predicted molar refractivity (Wildman–Crippen MR) is 125 cm³/mol. The quantitative estimate of drug-likeness (QED) is 0.363. The first kappa shape index (κ1) is 20.3. The minimum Gasteiger partial charge on any atom is -0.370 e. The minimum absolute atomic E-state index is 0.165. The van der Waals surface area contributed by atoms with Crippen LogP contribution in [0.4, 0.5) is 0 Å². The van der Waals surface area contributed by atoms with Gasteiger partial charge in [-0.3, -0.25) is 9.36 Å². The Morgan fingerprint density at radius 3 is 2.73 bits per heavy atom. The third kappa shape index (κ3) is 3.85. The Morgan fingerprint density at radius 2 is 1.97 bits per heavy atom. The summed E-state index contributed by atoms with van der Waals surface area (Å²) in [6.45, 7) is 4.80. The van der Waals surface area contributed by atoms with Crippen molar-refractivity contribution in [3.05, 3.63) is 56.7 Å². The molecule has 6 heteroatoms. The van der Waals surface area contributed by atoms with Crippen LogP contribution in [0.15, 0.2) is 40.3 Å². The van der Waals surface area contributed by atoms with Gasteiger partial charge in [-0.15, -0.1) is 11.3 Å². The van der Waals surface area contributed by atoms with E-state index in [1.807, 2.05) is 10.6 Å². The van der Waals surface area contributed by atoms with Gasteiger partial charge >= 0.3 is 0 Å². The van der Waals surface area contributed by atoms with E-state index in [1.165, 1.54) is 35.3 Å². The zero-order chi connectivity index (χ0) is 20.7. The summed E-state index contributed by atoms with van der Waals surface area (Å²) in [5, 5.41) is 1.73. The molecule has 158 valence electrons. The zero-order valence-corrected chi connectivity index (χ0v) is 19.3. The van der Waals surface area contributed by atoms with Gasteiger partial charge in [0.05, 0.1) is 17.6 Å². The Hall–Kier alpha value is -1.63. The van der Waals surface area contributed by atoms with Crippen molar-refractivity contribution in [2.45, 2.75) is 81.5 Å². The van der Waals surface area contributed by atoms with Crippen LogP contribution in [0.25, 0.3) is 10.2 Å². The summed E-state index contributed by atoms with van der Waals surface area (Å²) >= 11 is 3.34. The summed E-state index contributed by atoms with van der Waals surface area (Å²) < 4.78 is 8.06. The lowest BCUT2D eigenvalue weighted by molar-refractivity contribution is -0.0379. The molecule has 1 aliphatic heterocycles. The number of thioether (sulfide) groups is 1. The standard InChI is InChI=1S/C24H28N2O2S2/c1-24(2)13-18-19(14-28-24)30-21-20(18)22(27)26(17-11-7-4-8-12-17)23(25-21)29-15-16-9-5-3-6-10-16/h3,5-6,9-10,17H,4,7-8,11-15H2,1-2H3. The molecule has 3 heterocycles. The largest absolute Gasteiger partial charge is 0.370 e. The summed E-state index contributed by atoms with van der Waals surface area (Å²) in [7, 11) is 0. The van der Waals surface area contributed by atoms with Crippen molar-refractivity contribution in [3.8, 4) is 0 Å². The molecular weight excluding hydrogens is 412 g/mol. The molecule has 1 fully saturated rings. The van der Waals surface area contributed by atoms with E-state index in [0.29, 0.717) is 6.61 Å². The monoisotopic (exact) mass is 440 g/mol. The molecule has 0 atom stereocenters. The van der Waals surface area contributed by atoms with Gasteiger partial charge in [0, 0.05) is 23.1 Å². The first-order chi connectivity index (χ1) is 14.5. The molecule has 1 saturated carbocycles. The second kappa shape index (κ2) is 8.13. The van der Waals surface area contributed by atoms with Gasteiger partial charge in [0.15, 0.2) is 5.16 Å². The van der Waals surface area contributed by atoms with Crippen molar-refractivity contribution >= 4 is 33.3 Å².